The van der Waals surface area contributed by atoms with Crippen LogP contribution in [0.15, 0.2) is 28.1 Å². The molecule has 0 atom stereocenters. The van der Waals surface area contributed by atoms with E-state index in [0.29, 0.717) is 13.2 Å². The Balaban J connectivity index is 2.24. The van der Waals surface area contributed by atoms with Crippen molar-refractivity contribution >= 4 is 27.3 Å². The van der Waals surface area contributed by atoms with Crippen LogP contribution >= 0.6 is 27.3 Å². The zero-order chi connectivity index (χ0) is 13.0. The molecule has 0 amide bonds. The third kappa shape index (κ3) is 3.10. The minimum absolute atomic E-state index is 0.639. The molecule has 18 heavy (non-hydrogen) atoms. The monoisotopic (exact) mass is 326 g/mol. The number of rotatable bonds is 5. The molecule has 1 heterocycles. The van der Waals surface area contributed by atoms with Crippen LogP contribution in [0.25, 0.3) is 11.3 Å². The van der Waals surface area contributed by atoms with Crippen LogP contribution in [0.4, 0.5) is 0 Å². The third-order valence-corrected chi connectivity index (χ3v) is 3.97. The molecule has 0 unspecified atom stereocenters. The third-order valence-electron chi connectivity index (χ3n) is 2.44. The lowest BCUT2D eigenvalue weighted by atomic mass is 10.2. The summed E-state index contributed by atoms with van der Waals surface area (Å²) in [7, 11) is 0. The fourth-order valence-corrected chi connectivity index (χ4v) is 2.93. The lowest BCUT2D eigenvalue weighted by Gasteiger charge is -2.06. The molecule has 0 fully saturated rings. The molecule has 0 aliphatic carbocycles. The van der Waals surface area contributed by atoms with Crippen LogP contribution in [0.5, 0.6) is 5.75 Å². The Kier molecular flexibility index (Phi) is 4.74. The average Bonchev–Trinajstić information content (AvgIpc) is 2.81. The van der Waals surface area contributed by atoms with Gasteiger partial charge in [-0.15, -0.1) is 11.3 Å². The molecular weight excluding hydrogens is 312 g/mol. The maximum Gasteiger partial charge on any atom is 0.133 e. The zero-order valence-electron chi connectivity index (χ0n) is 10.1. The number of ether oxygens (including phenoxy) is 1. The average molecular weight is 327 g/mol. The van der Waals surface area contributed by atoms with E-state index in [2.05, 4.69) is 26.3 Å². The second-order valence-electron chi connectivity index (χ2n) is 3.74. The maximum atomic E-state index is 5.53. The van der Waals surface area contributed by atoms with Gasteiger partial charge in [0, 0.05) is 17.4 Å². The van der Waals surface area contributed by atoms with Crippen molar-refractivity contribution in [1.29, 1.82) is 0 Å². The van der Waals surface area contributed by atoms with Crippen LogP contribution in [0.2, 0.25) is 0 Å². The number of benzene rings is 1. The standard InChI is InChI=1S/C13H15BrN2OS/c1-2-17-12-4-3-9(7-10(12)14)11-8-18-13(16-11)5-6-15/h3-4,7-8H,2,5-6,15H2,1H3. The fourth-order valence-electron chi connectivity index (χ4n) is 1.61. The number of hydrogen-bond acceptors (Lipinski definition) is 4. The minimum Gasteiger partial charge on any atom is -0.493 e. The molecule has 2 aromatic rings. The number of aromatic nitrogens is 1. The fraction of sp³-hybridized carbons (Fsp3) is 0.308. The van der Waals surface area contributed by atoms with Crippen LogP contribution in [-0.2, 0) is 6.42 Å². The summed E-state index contributed by atoms with van der Waals surface area (Å²) in [5.41, 5.74) is 7.61. The number of halogens is 1. The SMILES string of the molecule is CCOc1ccc(-c2csc(CCN)n2)cc1Br. The second-order valence-corrected chi connectivity index (χ2v) is 5.54. The summed E-state index contributed by atoms with van der Waals surface area (Å²) < 4.78 is 6.44. The number of nitrogens with two attached hydrogens (primary N) is 1. The minimum atomic E-state index is 0.639. The first-order chi connectivity index (χ1) is 8.74. The van der Waals surface area contributed by atoms with E-state index in [1.54, 1.807) is 11.3 Å². The van der Waals surface area contributed by atoms with Crippen molar-refractivity contribution in [2.45, 2.75) is 13.3 Å². The summed E-state index contributed by atoms with van der Waals surface area (Å²) in [6, 6.07) is 6.02. The molecule has 2 N–H and O–H groups in total. The Morgan fingerprint density at radius 3 is 2.94 bits per heavy atom. The first-order valence-electron chi connectivity index (χ1n) is 5.81. The molecule has 1 aromatic carbocycles. The van der Waals surface area contributed by atoms with Gasteiger partial charge in [0.05, 0.1) is 21.8 Å². The predicted molar refractivity (Wildman–Crippen MR) is 79.2 cm³/mol. The first-order valence-corrected chi connectivity index (χ1v) is 7.49. The Hall–Kier alpha value is -0.910. The van der Waals surface area contributed by atoms with Gasteiger partial charge in [-0.05, 0) is 47.6 Å². The van der Waals surface area contributed by atoms with Gasteiger partial charge in [-0.1, -0.05) is 0 Å². The van der Waals surface area contributed by atoms with Gasteiger partial charge in [0.15, 0.2) is 0 Å². The Bertz CT molecular complexity index is 527. The number of hydrogen-bond donors (Lipinski definition) is 1. The van der Waals surface area contributed by atoms with Gasteiger partial charge < -0.3 is 10.5 Å². The molecule has 0 spiro atoms. The quantitative estimate of drug-likeness (QED) is 0.915. The highest BCUT2D eigenvalue weighted by Gasteiger charge is 2.07. The van der Waals surface area contributed by atoms with Crippen LogP contribution in [0.3, 0.4) is 0 Å². The summed E-state index contributed by atoms with van der Waals surface area (Å²) >= 11 is 5.17. The van der Waals surface area contributed by atoms with Crippen LogP contribution < -0.4 is 10.5 Å². The van der Waals surface area contributed by atoms with Crippen molar-refractivity contribution in [1.82, 2.24) is 4.98 Å². The summed E-state index contributed by atoms with van der Waals surface area (Å²) in [6.07, 6.45) is 0.836. The summed E-state index contributed by atoms with van der Waals surface area (Å²) in [4.78, 5) is 4.56. The van der Waals surface area contributed by atoms with Gasteiger partial charge in [-0.2, -0.15) is 0 Å². The largest absolute Gasteiger partial charge is 0.493 e. The molecule has 96 valence electrons. The molecule has 2 rings (SSSR count). The van der Waals surface area contributed by atoms with Gasteiger partial charge in [-0.3, -0.25) is 0 Å². The summed E-state index contributed by atoms with van der Waals surface area (Å²) in [5, 5.41) is 3.14. The highest BCUT2D eigenvalue weighted by Crippen LogP contribution is 2.31. The Morgan fingerprint density at radius 1 is 1.44 bits per heavy atom. The van der Waals surface area contributed by atoms with Crippen LogP contribution in [0, 0.1) is 0 Å². The van der Waals surface area contributed by atoms with E-state index >= 15 is 0 Å². The smallest absolute Gasteiger partial charge is 0.133 e. The predicted octanol–water partition coefficient (Wildman–Crippen LogP) is 3.47. The van der Waals surface area contributed by atoms with Crippen molar-refractivity contribution in [2.75, 3.05) is 13.2 Å². The van der Waals surface area contributed by atoms with Gasteiger partial charge in [0.2, 0.25) is 0 Å². The molecule has 0 bridgehead atoms. The molecule has 1 aromatic heterocycles. The number of nitrogens with zero attached hydrogens (tertiary/aromatic N) is 1. The van der Waals surface area contributed by atoms with Crippen LogP contribution in [0.1, 0.15) is 11.9 Å². The van der Waals surface area contributed by atoms with Crippen molar-refractivity contribution in [3.05, 3.63) is 33.1 Å². The van der Waals surface area contributed by atoms with Crippen molar-refractivity contribution in [3.63, 3.8) is 0 Å². The van der Waals surface area contributed by atoms with Crippen molar-refractivity contribution < 1.29 is 4.74 Å². The van der Waals surface area contributed by atoms with E-state index in [1.165, 1.54) is 0 Å². The van der Waals surface area contributed by atoms with Crippen molar-refractivity contribution in [3.8, 4) is 17.0 Å². The molecule has 0 radical (unpaired) electrons. The molecule has 0 aliphatic rings. The molecule has 0 saturated heterocycles. The molecule has 0 aliphatic heterocycles. The van der Waals surface area contributed by atoms with Gasteiger partial charge in [0.25, 0.3) is 0 Å². The maximum absolute atomic E-state index is 5.53. The van der Waals surface area contributed by atoms with Gasteiger partial charge in [-0.25, -0.2) is 4.98 Å². The Morgan fingerprint density at radius 2 is 2.28 bits per heavy atom. The summed E-state index contributed by atoms with van der Waals surface area (Å²) in [6.45, 7) is 3.27. The van der Waals surface area contributed by atoms with Crippen molar-refractivity contribution in [2.24, 2.45) is 5.73 Å². The highest BCUT2D eigenvalue weighted by molar-refractivity contribution is 9.10. The van der Waals surface area contributed by atoms with Crippen LogP contribution in [-0.4, -0.2) is 18.1 Å². The Labute approximate surface area is 119 Å². The summed E-state index contributed by atoms with van der Waals surface area (Å²) in [5.74, 6) is 0.860. The second kappa shape index (κ2) is 6.31. The van der Waals surface area contributed by atoms with Gasteiger partial charge >= 0.3 is 0 Å². The molecule has 3 nitrogen and oxygen atoms in total. The molecular formula is C13H15BrN2OS. The molecule has 0 saturated carbocycles. The van der Waals surface area contributed by atoms with E-state index in [-0.39, 0.29) is 0 Å². The highest BCUT2D eigenvalue weighted by atomic mass is 79.9. The lowest BCUT2D eigenvalue weighted by molar-refractivity contribution is 0.338. The zero-order valence-corrected chi connectivity index (χ0v) is 12.6. The molecule has 5 heteroatoms. The van der Waals surface area contributed by atoms with E-state index < -0.39 is 0 Å². The van der Waals surface area contributed by atoms with Gasteiger partial charge in [0.1, 0.15) is 5.75 Å². The first kappa shape index (κ1) is 13.5. The normalized spacial score (nSPS) is 10.6. The number of thiazole rings is 1. The van der Waals surface area contributed by atoms with E-state index in [0.717, 1.165) is 32.9 Å². The van der Waals surface area contributed by atoms with E-state index in [4.69, 9.17) is 10.5 Å². The lowest BCUT2D eigenvalue weighted by Crippen LogP contribution is -2.01. The van der Waals surface area contributed by atoms with E-state index in [9.17, 15) is 0 Å². The van der Waals surface area contributed by atoms with E-state index in [1.807, 2.05) is 25.1 Å². The topological polar surface area (TPSA) is 48.1 Å².